The fourth-order valence-electron chi connectivity index (χ4n) is 2.88. The number of hydrogen-bond donors (Lipinski definition) is 0. The number of carbonyl (C=O) groups excluding carboxylic acids is 1. The second kappa shape index (κ2) is 5.72. The molecule has 1 heterocycles. The van der Waals surface area contributed by atoms with Gasteiger partial charge in [-0.25, -0.2) is 0 Å². The molecule has 23 heavy (non-hydrogen) atoms. The molecular formula is C16H14F3NO2S. The molecule has 0 N–H and O–H groups in total. The summed E-state index contributed by atoms with van der Waals surface area (Å²) in [7, 11) is 3.01. The van der Waals surface area contributed by atoms with Crippen LogP contribution in [-0.2, 0) is 11.0 Å². The molecule has 0 amide bonds. The molecule has 2 aromatic rings. The Morgan fingerprint density at radius 1 is 1.22 bits per heavy atom. The highest BCUT2D eigenvalue weighted by Gasteiger charge is 2.37. The van der Waals surface area contributed by atoms with Crippen LogP contribution in [0.15, 0.2) is 30.3 Å². The van der Waals surface area contributed by atoms with Gasteiger partial charge in [0.15, 0.2) is 0 Å². The fraction of sp³-hybridized carbons (Fsp3) is 0.312. The molecule has 122 valence electrons. The van der Waals surface area contributed by atoms with Crippen molar-refractivity contribution >= 4 is 27.6 Å². The monoisotopic (exact) mass is 341 g/mol. The fourth-order valence-corrected chi connectivity index (χ4v) is 3.99. The zero-order chi connectivity index (χ0) is 16.8. The number of alkyl halides is 3. The van der Waals surface area contributed by atoms with Crippen molar-refractivity contribution in [1.82, 2.24) is 4.90 Å². The topological polar surface area (TPSA) is 29.5 Å². The minimum atomic E-state index is -4.52. The molecule has 1 atom stereocenters. The smallest absolute Gasteiger partial charge is 0.420 e. The van der Waals surface area contributed by atoms with Gasteiger partial charge in [-0.05, 0) is 29.4 Å². The number of likely N-dealkylation sites (N-methyl/N-ethyl adjacent to an activating group) is 1. The summed E-state index contributed by atoms with van der Waals surface area (Å²) in [6.45, 7) is 0.286. The molecular weight excluding hydrogens is 327 g/mol. The Bertz CT molecular complexity index is 776. The van der Waals surface area contributed by atoms with Crippen LogP contribution in [0.1, 0.15) is 16.5 Å². The largest absolute Gasteiger partial charge is 0.496 e. The van der Waals surface area contributed by atoms with Crippen molar-refractivity contribution in [3.63, 3.8) is 0 Å². The molecule has 0 aromatic heterocycles. The lowest BCUT2D eigenvalue weighted by Crippen LogP contribution is -2.18. The molecule has 1 unspecified atom stereocenters. The van der Waals surface area contributed by atoms with Gasteiger partial charge in [0, 0.05) is 0 Å². The molecule has 1 fully saturated rings. The average Bonchev–Trinajstić information content (AvgIpc) is 2.82. The number of benzene rings is 2. The van der Waals surface area contributed by atoms with Gasteiger partial charge in [0.25, 0.3) is 0 Å². The maximum absolute atomic E-state index is 13.5. The first-order valence-corrected chi connectivity index (χ1v) is 7.77. The van der Waals surface area contributed by atoms with E-state index >= 15 is 0 Å². The van der Waals surface area contributed by atoms with E-state index in [1.54, 1.807) is 25.2 Å². The van der Waals surface area contributed by atoms with E-state index in [-0.39, 0.29) is 28.2 Å². The molecule has 1 aliphatic rings. The quantitative estimate of drug-likeness (QED) is 0.823. The molecule has 0 saturated carbocycles. The Labute approximate surface area is 135 Å². The Hall–Kier alpha value is -1.73. The van der Waals surface area contributed by atoms with Crippen molar-refractivity contribution in [3.8, 4) is 5.75 Å². The highest BCUT2D eigenvalue weighted by molar-refractivity contribution is 8.14. The third-order valence-corrected chi connectivity index (χ3v) is 5.08. The Kier molecular flexibility index (Phi) is 4.01. The van der Waals surface area contributed by atoms with E-state index in [0.717, 1.165) is 11.8 Å². The second-order valence-electron chi connectivity index (χ2n) is 5.34. The van der Waals surface area contributed by atoms with Crippen LogP contribution in [0.4, 0.5) is 13.2 Å². The number of hydrogen-bond acceptors (Lipinski definition) is 4. The zero-order valence-corrected chi connectivity index (χ0v) is 13.3. The van der Waals surface area contributed by atoms with Gasteiger partial charge in [0.05, 0.1) is 19.0 Å². The van der Waals surface area contributed by atoms with E-state index in [9.17, 15) is 18.0 Å². The SMILES string of the molecule is COc1ccc2c(C3SC(=O)CN3C)cccc2c1C(F)(F)F. The van der Waals surface area contributed by atoms with Gasteiger partial charge in [0.2, 0.25) is 5.12 Å². The second-order valence-corrected chi connectivity index (χ2v) is 6.48. The van der Waals surface area contributed by atoms with Crippen LogP contribution in [0.5, 0.6) is 5.75 Å². The molecule has 0 radical (unpaired) electrons. The lowest BCUT2D eigenvalue weighted by atomic mass is 9.98. The number of nitrogens with zero attached hydrogens (tertiary/aromatic N) is 1. The van der Waals surface area contributed by atoms with E-state index in [0.29, 0.717) is 10.9 Å². The molecule has 0 spiro atoms. The summed E-state index contributed by atoms with van der Waals surface area (Å²) < 4.78 is 45.3. The van der Waals surface area contributed by atoms with E-state index in [1.165, 1.54) is 19.2 Å². The van der Waals surface area contributed by atoms with Crippen LogP contribution in [0.2, 0.25) is 0 Å². The normalized spacial score (nSPS) is 19.5. The van der Waals surface area contributed by atoms with E-state index in [4.69, 9.17) is 4.74 Å². The van der Waals surface area contributed by atoms with Crippen molar-refractivity contribution in [2.45, 2.75) is 11.6 Å². The lowest BCUT2D eigenvalue weighted by molar-refractivity contribution is -0.137. The summed E-state index contributed by atoms with van der Waals surface area (Å²) in [5.41, 5.74) is -0.0784. The maximum Gasteiger partial charge on any atom is 0.420 e. The van der Waals surface area contributed by atoms with Gasteiger partial charge in [-0.3, -0.25) is 9.69 Å². The summed E-state index contributed by atoms with van der Waals surface area (Å²) in [6.07, 6.45) is -4.52. The average molecular weight is 341 g/mol. The van der Waals surface area contributed by atoms with Crippen LogP contribution in [0.25, 0.3) is 10.8 Å². The van der Waals surface area contributed by atoms with E-state index in [2.05, 4.69) is 0 Å². The number of methoxy groups -OCH3 is 1. The van der Waals surface area contributed by atoms with Gasteiger partial charge >= 0.3 is 6.18 Å². The number of halogens is 3. The Morgan fingerprint density at radius 3 is 2.52 bits per heavy atom. The highest BCUT2D eigenvalue weighted by Crippen LogP contribution is 2.45. The molecule has 7 heteroatoms. The van der Waals surface area contributed by atoms with Gasteiger partial charge in [-0.2, -0.15) is 13.2 Å². The third kappa shape index (κ3) is 2.79. The predicted molar refractivity (Wildman–Crippen MR) is 83.5 cm³/mol. The predicted octanol–water partition coefficient (Wildman–Crippen LogP) is 4.07. The summed E-state index contributed by atoms with van der Waals surface area (Å²) in [4.78, 5) is 13.5. The number of fused-ring (bicyclic) bond motifs is 1. The molecule has 0 bridgehead atoms. The molecule has 1 aliphatic heterocycles. The summed E-state index contributed by atoms with van der Waals surface area (Å²) in [5, 5.41) is 0.308. The molecule has 1 saturated heterocycles. The lowest BCUT2D eigenvalue weighted by Gasteiger charge is -2.21. The van der Waals surface area contributed by atoms with Crippen LogP contribution >= 0.6 is 11.8 Å². The Morgan fingerprint density at radius 2 is 1.96 bits per heavy atom. The van der Waals surface area contributed by atoms with Crippen molar-refractivity contribution in [2.24, 2.45) is 0 Å². The van der Waals surface area contributed by atoms with E-state index < -0.39 is 11.7 Å². The van der Waals surface area contributed by atoms with Gasteiger partial charge in [-0.1, -0.05) is 36.0 Å². The van der Waals surface area contributed by atoms with Crippen molar-refractivity contribution in [1.29, 1.82) is 0 Å². The number of rotatable bonds is 2. The maximum atomic E-state index is 13.5. The Balaban J connectivity index is 2.25. The molecule has 0 aliphatic carbocycles. The molecule has 3 rings (SSSR count). The van der Waals surface area contributed by atoms with Crippen LogP contribution in [0.3, 0.4) is 0 Å². The van der Waals surface area contributed by atoms with Crippen molar-refractivity contribution in [3.05, 3.63) is 41.5 Å². The standard InChI is InChI=1S/C16H14F3NO2S/c1-20-8-13(21)23-15(20)11-5-3-4-10-9(11)6-7-12(22-2)14(10)16(17,18)19/h3-7,15H,8H2,1-2H3. The van der Waals surface area contributed by atoms with Crippen molar-refractivity contribution in [2.75, 3.05) is 20.7 Å². The first-order valence-electron chi connectivity index (χ1n) is 6.89. The zero-order valence-electron chi connectivity index (χ0n) is 12.5. The van der Waals surface area contributed by atoms with Gasteiger partial charge in [-0.15, -0.1) is 0 Å². The van der Waals surface area contributed by atoms with Crippen LogP contribution < -0.4 is 4.74 Å². The van der Waals surface area contributed by atoms with Gasteiger partial charge < -0.3 is 4.74 Å². The van der Waals surface area contributed by atoms with E-state index in [1.807, 2.05) is 4.90 Å². The van der Waals surface area contributed by atoms with Crippen LogP contribution in [0, 0.1) is 0 Å². The van der Waals surface area contributed by atoms with Gasteiger partial charge in [0.1, 0.15) is 11.3 Å². The van der Waals surface area contributed by atoms with Crippen molar-refractivity contribution < 1.29 is 22.7 Å². The highest BCUT2D eigenvalue weighted by atomic mass is 32.2. The summed E-state index contributed by atoms with van der Waals surface area (Å²) >= 11 is 1.14. The number of thioether (sulfide) groups is 1. The molecule has 2 aromatic carbocycles. The third-order valence-electron chi connectivity index (χ3n) is 3.85. The molecule has 3 nitrogen and oxygen atoms in total. The summed E-state index contributed by atoms with van der Waals surface area (Å²) in [6, 6.07) is 7.74. The minimum Gasteiger partial charge on any atom is -0.496 e. The first-order chi connectivity index (χ1) is 10.8. The minimum absolute atomic E-state index is 0.0130. The summed E-state index contributed by atoms with van der Waals surface area (Å²) in [5.74, 6) is -0.203. The number of carbonyl (C=O) groups is 1. The number of ether oxygens (including phenoxy) is 1. The van der Waals surface area contributed by atoms with Crippen LogP contribution in [-0.4, -0.2) is 30.7 Å². The first kappa shape index (κ1) is 16.1.